The van der Waals surface area contributed by atoms with Gasteiger partial charge in [-0.25, -0.2) is 0 Å². The molecule has 0 heterocycles. The molecule has 2 unspecified atom stereocenters. The highest BCUT2D eigenvalue weighted by atomic mass is 28.3. The van der Waals surface area contributed by atoms with Crippen molar-refractivity contribution < 1.29 is 4.74 Å². The topological polar surface area (TPSA) is 9.23 Å². The summed E-state index contributed by atoms with van der Waals surface area (Å²) in [5.74, 6) is 1.01. The van der Waals surface area contributed by atoms with Gasteiger partial charge in [-0.15, -0.1) is 0 Å². The third kappa shape index (κ3) is 5.26. The molecule has 2 aliphatic carbocycles. The van der Waals surface area contributed by atoms with Gasteiger partial charge in [0.25, 0.3) is 0 Å². The number of allylic oxidation sites excluding steroid dienone is 2. The van der Waals surface area contributed by atoms with Gasteiger partial charge < -0.3 is 4.74 Å². The predicted molar refractivity (Wildman–Crippen MR) is 198 cm³/mol. The summed E-state index contributed by atoms with van der Waals surface area (Å²) in [6.07, 6.45) is 4.98. The molecule has 2 atom stereocenters. The SMILES string of the molecule is COc1c(C(C)(C)C)cc2c(c1-c1ccccc1)C=C(C)C2[Si](C)(C)C1C(C)=Cc2c(-c3ccc(C(C)(C)C)cc3)cccc21. The molecule has 0 N–H and O–H groups in total. The molecule has 6 rings (SSSR count). The van der Waals surface area contributed by atoms with E-state index in [0.717, 1.165) is 5.75 Å². The van der Waals surface area contributed by atoms with E-state index in [1.54, 1.807) is 0 Å². The van der Waals surface area contributed by atoms with Crippen LogP contribution in [0.15, 0.2) is 90.0 Å². The van der Waals surface area contributed by atoms with Crippen molar-refractivity contribution in [2.75, 3.05) is 7.11 Å². The van der Waals surface area contributed by atoms with Crippen LogP contribution in [0.5, 0.6) is 5.75 Å². The fourth-order valence-corrected chi connectivity index (χ4v) is 13.3. The van der Waals surface area contributed by atoms with Crippen LogP contribution in [0.1, 0.15) is 99.9 Å². The van der Waals surface area contributed by atoms with E-state index in [0.29, 0.717) is 11.1 Å². The van der Waals surface area contributed by atoms with Gasteiger partial charge in [-0.1, -0.05) is 157 Å². The fourth-order valence-electron chi connectivity index (χ4n) is 8.41. The van der Waals surface area contributed by atoms with Crippen LogP contribution in [0.2, 0.25) is 13.1 Å². The minimum atomic E-state index is -2.03. The number of rotatable bonds is 5. The maximum Gasteiger partial charge on any atom is 0.131 e. The summed E-state index contributed by atoms with van der Waals surface area (Å²) in [6.45, 7) is 23.8. The molecule has 1 nitrogen and oxygen atoms in total. The van der Waals surface area contributed by atoms with Crippen LogP contribution in [0.3, 0.4) is 0 Å². The predicted octanol–water partition coefficient (Wildman–Crippen LogP) is 12.1. The molecule has 4 aromatic rings. The molecule has 2 aliphatic rings. The first-order valence-corrected chi connectivity index (χ1v) is 19.7. The second kappa shape index (κ2) is 11.0. The van der Waals surface area contributed by atoms with E-state index in [1.165, 1.54) is 66.8 Å². The Morgan fingerprint density at radius 1 is 0.622 bits per heavy atom. The molecule has 0 aliphatic heterocycles. The summed E-state index contributed by atoms with van der Waals surface area (Å²) in [7, 11) is -0.198. The van der Waals surface area contributed by atoms with E-state index in [2.05, 4.69) is 159 Å². The third-order valence-corrected chi connectivity index (χ3v) is 14.9. The van der Waals surface area contributed by atoms with Gasteiger partial charge in [-0.2, -0.15) is 0 Å². The first-order valence-electron chi connectivity index (χ1n) is 16.6. The number of hydrogen-bond acceptors (Lipinski definition) is 1. The minimum absolute atomic E-state index is 0.0517. The van der Waals surface area contributed by atoms with Crippen molar-refractivity contribution in [3.8, 4) is 28.0 Å². The molecule has 45 heavy (non-hydrogen) atoms. The molecule has 0 saturated carbocycles. The van der Waals surface area contributed by atoms with E-state index in [1.807, 2.05) is 7.11 Å². The van der Waals surface area contributed by atoms with Crippen molar-refractivity contribution in [3.63, 3.8) is 0 Å². The highest BCUT2D eigenvalue weighted by Gasteiger charge is 2.48. The van der Waals surface area contributed by atoms with Gasteiger partial charge in [0.1, 0.15) is 5.75 Å². The lowest BCUT2D eigenvalue weighted by molar-refractivity contribution is 0.399. The van der Waals surface area contributed by atoms with Gasteiger partial charge in [0.05, 0.1) is 15.2 Å². The molecule has 4 aromatic carbocycles. The van der Waals surface area contributed by atoms with Gasteiger partial charge in [0.15, 0.2) is 0 Å². The first kappa shape index (κ1) is 31.4. The number of hydrogen-bond donors (Lipinski definition) is 0. The van der Waals surface area contributed by atoms with Crippen molar-refractivity contribution >= 4 is 20.2 Å². The van der Waals surface area contributed by atoms with Crippen molar-refractivity contribution in [1.82, 2.24) is 0 Å². The number of fused-ring (bicyclic) bond motifs is 2. The fraction of sp³-hybridized carbons (Fsp3) is 0.349. The van der Waals surface area contributed by atoms with Crippen LogP contribution in [0.25, 0.3) is 34.4 Å². The van der Waals surface area contributed by atoms with E-state index in [9.17, 15) is 0 Å². The summed E-state index contributed by atoms with van der Waals surface area (Å²) >= 11 is 0. The Morgan fingerprint density at radius 2 is 1.22 bits per heavy atom. The molecule has 2 heteroatoms. The Hall–Kier alpha value is -3.62. The normalized spacial score (nSPS) is 17.9. The quantitative estimate of drug-likeness (QED) is 0.204. The molecule has 0 bridgehead atoms. The van der Waals surface area contributed by atoms with Gasteiger partial charge in [0, 0.05) is 22.2 Å². The minimum Gasteiger partial charge on any atom is -0.496 e. The molecule has 0 aromatic heterocycles. The zero-order valence-electron chi connectivity index (χ0n) is 29.2. The molecular formula is C43H50OSi. The maximum absolute atomic E-state index is 6.26. The summed E-state index contributed by atoms with van der Waals surface area (Å²) in [6, 6.07) is 29.6. The standard InChI is InChI=1S/C43H50OSi/c1-27-24-34-32(29-20-22-31(23-21-29)42(3,4)5)18-15-19-33(34)40(27)45(10,11)41-28(2)25-35-36(41)26-37(43(6,7)8)39(44-9)38(35)30-16-13-12-14-17-30/h12-26,40-41H,1-11H3. The van der Waals surface area contributed by atoms with Crippen LogP contribution in [-0.4, -0.2) is 15.2 Å². The Labute approximate surface area is 273 Å². The highest BCUT2D eigenvalue weighted by Crippen LogP contribution is 2.56. The van der Waals surface area contributed by atoms with Crippen molar-refractivity contribution in [2.45, 2.75) is 90.4 Å². The van der Waals surface area contributed by atoms with E-state index in [-0.39, 0.29) is 10.8 Å². The van der Waals surface area contributed by atoms with Crippen LogP contribution in [0.4, 0.5) is 0 Å². The Balaban J connectivity index is 1.50. The zero-order valence-corrected chi connectivity index (χ0v) is 30.2. The first-order chi connectivity index (χ1) is 21.1. The van der Waals surface area contributed by atoms with Crippen molar-refractivity contribution in [2.24, 2.45) is 0 Å². The van der Waals surface area contributed by atoms with Crippen LogP contribution < -0.4 is 4.74 Å². The van der Waals surface area contributed by atoms with Crippen LogP contribution in [-0.2, 0) is 10.8 Å². The van der Waals surface area contributed by atoms with Gasteiger partial charge in [0.2, 0.25) is 0 Å². The van der Waals surface area contributed by atoms with Crippen LogP contribution in [0, 0.1) is 0 Å². The highest BCUT2D eigenvalue weighted by molar-refractivity contribution is 6.81. The Morgan fingerprint density at radius 3 is 1.80 bits per heavy atom. The van der Waals surface area contributed by atoms with Gasteiger partial charge >= 0.3 is 0 Å². The largest absolute Gasteiger partial charge is 0.496 e. The smallest absolute Gasteiger partial charge is 0.131 e. The van der Waals surface area contributed by atoms with Crippen LogP contribution >= 0.6 is 0 Å². The lowest BCUT2D eigenvalue weighted by Crippen LogP contribution is -2.42. The Bertz CT molecular complexity index is 1820. The second-order valence-electron chi connectivity index (χ2n) is 16.1. The molecule has 0 radical (unpaired) electrons. The van der Waals surface area contributed by atoms with Gasteiger partial charge in [-0.05, 0) is 69.2 Å². The monoisotopic (exact) mass is 610 g/mol. The van der Waals surface area contributed by atoms with Crippen molar-refractivity contribution in [3.05, 3.63) is 123 Å². The summed E-state index contributed by atoms with van der Waals surface area (Å²) in [5, 5.41) is 0. The van der Waals surface area contributed by atoms with E-state index in [4.69, 9.17) is 4.74 Å². The lowest BCUT2D eigenvalue weighted by atomic mass is 9.81. The molecule has 0 saturated heterocycles. The molecule has 0 spiro atoms. The third-order valence-electron chi connectivity index (χ3n) is 10.4. The average molecular weight is 611 g/mol. The van der Waals surface area contributed by atoms with Crippen molar-refractivity contribution in [1.29, 1.82) is 0 Å². The summed E-state index contributed by atoms with van der Waals surface area (Å²) in [4.78, 5) is 0. The lowest BCUT2D eigenvalue weighted by Gasteiger charge is -2.39. The number of ether oxygens (including phenoxy) is 1. The molecule has 232 valence electrons. The molecule has 0 amide bonds. The van der Waals surface area contributed by atoms with E-state index < -0.39 is 8.07 Å². The number of methoxy groups -OCH3 is 1. The summed E-state index contributed by atoms with van der Waals surface area (Å²) in [5.41, 5.74) is 17.5. The van der Waals surface area contributed by atoms with Gasteiger partial charge in [-0.3, -0.25) is 0 Å². The second-order valence-corrected chi connectivity index (χ2v) is 20.8. The maximum atomic E-state index is 6.26. The zero-order chi connectivity index (χ0) is 32.5. The summed E-state index contributed by atoms with van der Waals surface area (Å²) < 4.78 is 6.26. The molecule has 0 fully saturated rings. The Kier molecular flexibility index (Phi) is 7.68. The van der Waals surface area contributed by atoms with E-state index >= 15 is 0 Å². The number of benzene rings is 4. The molecular weight excluding hydrogens is 561 g/mol. The average Bonchev–Trinajstić information content (AvgIpc) is 3.51.